The molecule has 0 unspecified atom stereocenters. The molecule has 3 aromatic carbocycles. The lowest BCUT2D eigenvalue weighted by molar-refractivity contribution is 0.102. The molecule has 0 saturated heterocycles. The van der Waals surface area contributed by atoms with Crippen LogP contribution in [0.1, 0.15) is 27.4 Å². The van der Waals surface area contributed by atoms with Gasteiger partial charge in [0.25, 0.3) is 11.8 Å². The summed E-state index contributed by atoms with van der Waals surface area (Å²) in [4.78, 5) is 17.1. The molecule has 0 bridgehead atoms. The van der Waals surface area contributed by atoms with Crippen LogP contribution in [-0.2, 0) is 6.61 Å². The molecule has 0 aliphatic carbocycles. The quantitative estimate of drug-likeness (QED) is 0.483. The first kappa shape index (κ1) is 19.4. The van der Waals surface area contributed by atoms with E-state index in [1.54, 1.807) is 18.2 Å². The Kier molecular flexibility index (Phi) is 5.57. The molecule has 6 heteroatoms. The summed E-state index contributed by atoms with van der Waals surface area (Å²) in [7, 11) is 0. The number of amides is 1. The summed E-state index contributed by atoms with van der Waals surface area (Å²) in [5.74, 6) is 1.03. The van der Waals surface area contributed by atoms with Crippen LogP contribution in [0.15, 0.2) is 77.3 Å². The van der Waals surface area contributed by atoms with Crippen molar-refractivity contribution in [3.63, 3.8) is 0 Å². The van der Waals surface area contributed by atoms with Gasteiger partial charge in [0.15, 0.2) is 6.61 Å². The predicted octanol–water partition coefficient (Wildman–Crippen LogP) is 5.18. The molecule has 0 radical (unpaired) electrons. The normalized spacial score (nSPS) is 10.6. The molecular formula is C24H21N3O3. The number of nitrogens with zero attached hydrogens (tertiary/aromatic N) is 2. The maximum atomic E-state index is 12.7. The highest BCUT2D eigenvalue weighted by Gasteiger charge is 2.15. The fourth-order valence-corrected chi connectivity index (χ4v) is 2.97. The fourth-order valence-electron chi connectivity index (χ4n) is 2.97. The number of hydrogen-bond acceptors (Lipinski definition) is 5. The third-order valence-electron chi connectivity index (χ3n) is 4.54. The van der Waals surface area contributed by atoms with Crippen molar-refractivity contribution >= 4 is 11.6 Å². The Balaban J connectivity index is 1.46. The summed E-state index contributed by atoms with van der Waals surface area (Å²) in [5.41, 5.74) is 4.25. The number of benzene rings is 3. The molecule has 0 fully saturated rings. The van der Waals surface area contributed by atoms with Gasteiger partial charge >= 0.3 is 0 Å². The van der Waals surface area contributed by atoms with Gasteiger partial charge in [-0.25, -0.2) is 0 Å². The Morgan fingerprint density at radius 3 is 2.57 bits per heavy atom. The average molecular weight is 399 g/mol. The van der Waals surface area contributed by atoms with Crippen LogP contribution >= 0.6 is 0 Å². The van der Waals surface area contributed by atoms with E-state index in [2.05, 4.69) is 15.5 Å². The second-order valence-electron chi connectivity index (χ2n) is 6.99. The molecule has 150 valence electrons. The van der Waals surface area contributed by atoms with Crippen molar-refractivity contribution in [2.24, 2.45) is 0 Å². The Morgan fingerprint density at radius 2 is 1.77 bits per heavy atom. The van der Waals surface area contributed by atoms with E-state index in [1.165, 1.54) is 0 Å². The molecule has 6 nitrogen and oxygen atoms in total. The lowest BCUT2D eigenvalue weighted by Gasteiger charge is -2.11. The van der Waals surface area contributed by atoms with Gasteiger partial charge in [0.2, 0.25) is 5.82 Å². The van der Waals surface area contributed by atoms with Gasteiger partial charge in [-0.15, -0.1) is 0 Å². The number of aryl methyl sites for hydroxylation is 2. The highest BCUT2D eigenvalue weighted by Crippen LogP contribution is 2.22. The van der Waals surface area contributed by atoms with E-state index >= 15 is 0 Å². The van der Waals surface area contributed by atoms with Crippen LogP contribution in [0.2, 0.25) is 0 Å². The van der Waals surface area contributed by atoms with E-state index in [9.17, 15) is 4.79 Å². The predicted molar refractivity (Wildman–Crippen MR) is 114 cm³/mol. The minimum Gasteiger partial charge on any atom is -0.483 e. The van der Waals surface area contributed by atoms with Crippen molar-refractivity contribution in [2.45, 2.75) is 20.5 Å². The molecule has 1 N–H and O–H groups in total. The van der Waals surface area contributed by atoms with Crippen LogP contribution in [0, 0.1) is 13.8 Å². The Hall–Kier alpha value is -3.93. The summed E-state index contributed by atoms with van der Waals surface area (Å²) >= 11 is 0. The van der Waals surface area contributed by atoms with Crippen molar-refractivity contribution in [1.82, 2.24) is 10.1 Å². The van der Waals surface area contributed by atoms with Crippen LogP contribution in [0.3, 0.4) is 0 Å². The zero-order valence-corrected chi connectivity index (χ0v) is 16.8. The Bertz CT molecular complexity index is 1170. The number of aromatic nitrogens is 2. The molecule has 0 aliphatic heterocycles. The van der Waals surface area contributed by atoms with Gasteiger partial charge in [-0.05, 0) is 43.7 Å². The monoisotopic (exact) mass is 399 g/mol. The summed E-state index contributed by atoms with van der Waals surface area (Å²) in [5, 5.41) is 6.90. The van der Waals surface area contributed by atoms with E-state index in [0.717, 1.165) is 22.4 Å². The molecule has 0 atom stereocenters. The van der Waals surface area contributed by atoms with Crippen LogP contribution in [0.4, 0.5) is 5.69 Å². The molecule has 0 saturated carbocycles. The number of nitrogens with one attached hydrogen (secondary N) is 1. The second kappa shape index (κ2) is 8.61. The molecule has 1 heterocycles. The highest BCUT2D eigenvalue weighted by molar-refractivity contribution is 6.06. The molecule has 30 heavy (non-hydrogen) atoms. The van der Waals surface area contributed by atoms with E-state index in [0.29, 0.717) is 23.0 Å². The van der Waals surface area contributed by atoms with Crippen molar-refractivity contribution in [2.75, 3.05) is 5.32 Å². The van der Waals surface area contributed by atoms with Gasteiger partial charge < -0.3 is 14.6 Å². The number of carbonyl (C=O) groups excluding carboxylic acids is 1. The van der Waals surface area contributed by atoms with Crippen molar-refractivity contribution in [3.8, 4) is 17.1 Å². The molecule has 4 rings (SSSR count). The molecule has 0 spiro atoms. The molecule has 1 aromatic heterocycles. The van der Waals surface area contributed by atoms with E-state index in [4.69, 9.17) is 9.26 Å². The van der Waals surface area contributed by atoms with Crippen molar-refractivity contribution in [3.05, 3.63) is 95.4 Å². The maximum Gasteiger partial charge on any atom is 0.264 e. The third-order valence-corrected chi connectivity index (χ3v) is 4.54. The van der Waals surface area contributed by atoms with E-state index in [-0.39, 0.29) is 12.5 Å². The highest BCUT2D eigenvalue weighted by atomic mass is 16.5. The van der Waals surface area contributed by atoms with Crippen LogP contribution < -0.4 is 10.1 Å². The van der Waals surface area contributed by atoms with Crippen molar-refractivity contribution in [1.29, 1.82) is 0 Å². The topological polar surface area (TPSA) is 77.2 Å². The first-order chi connectivity index (χ1) is 14.6. The summed E-state index contributed by atoms with van der Waals surface area (Å²) in [6.45, 7) is 4.06. The maximum absolute atomic E-state index is 12.7. The molecule has 0 aliphatic rings. The Morgan fingerprint density at radius 1 is 0.967 bits per heavy atom. The third kappa shape index (κ3) is 4.55. The Labute approximate surface area is 174 Å². The van der Waals surface area contributed by atoms with Gasteiger partial charge in [-0.3, -0.25) is 4.79 Å². The lowest BCUT2D eigenvalue weighted by atomic mass is 10.1. The number of hydrogen-bond donors (Lipinski definition) is 1. The second-order valence-corrected chi connectivity index (χ2v) is 6.99. The standard InChI is InChI=1S/C24H21N3O3/c1-16-10-12-18(13-11-16)23-26-22(30-27-23)15-29-21-9-4-3-8-20(21)24(28)25-19-7-5-6-17(2)14-19/h3-14H,15H2,1-2H3,(H,25,28). The zero-order valence-electron chi connectivity index (χ0n) is 16.8. The summed E-state index contributed by atoms with van der Waals surface area (Å²) in [6.07, 6.45) is 0. The zero-order chi connectivity index (χ0) is 20.9. The summed E-state index contributed by atoms with van der Waals surface area (Å²) < 4.78 is 11.1. The van der Waals surface area contributed by atoms with Crippen LogP contribution in [0.25, 0.3) is 11.4 Å². The smallest absolute Gasteiger partial charge is 0.264 e. The van der Waals surface area contributed by atoms with Gasteiger partial charge in [0, 0.05) is 11.3 Å². The molecule has 4 aromatic rings. The SMILES string of the molecule is Cc1ccc(-c2noc(COc3ccccc3C(=O)Nc3cccc(C)c3)n2)cc1. The van der Waals surface area contributed by atoms with Crippen molar-refractivity contribution < 1.29 is 14.1 Å². The van der Waals surface area contributed by atoms with Crippen LogP contribution in [0.5, 0.6) is 5.75 Å². The number of anilines is 1. The van der Waals surface area contributed by atoms with Gasteiger partial charge in [0.1, 0.15) is 5.75 Å². The first-order valence-electron chi connectivity index (χ1n) is 9.58. The number of ether oxygens (including phenoxy) is 1. The fraction of sp³-hybridized carbons (Fsp3) is 0.125. The summed E-state index contributed by atoms with van der Waals surface area (Å²) in [6, 6.07) is 22.5. The lowest BCUT2D eigenvalue weighted by Crippen LogP contribution is -2.13. The number of rotatable bonds is 6. The minimum absolute atomic E-state index is 0.0631. The molecule has 1 amide bonds. The van der Waals surface area contributed by atoms with E-state index in [1.807, 2.05) is 68.4 Å². The average Bonchev–Trinajstić information content (AvgIpc) is 3.22. The number of para-hydroxylation sites is 1. The van der Waals surface area contributed by atoms with Gasteiger partial charge in [0.05, 0.1) is 5.56 Å². The first-order valence-corrected chi connectivity index (χ1v) is 9.58. The van der Waals surface area contributed by atoms with Crippen LogP contribution in [-0.4, -0.2) is 16.0 Å². The van der Waals surface area contributed by atoms with E-state index < -0.39 is 0 Å². The minimum atomic E-state index is -0.248. The number of carbonyl (C=O) groups is 1. The van der Waals surface area contributed by atoms with Gasteiger partial charge in [-0.1, -0.05) is 59.3 Å². The van der Waals surface area contributed by atoms with Gasteiger partial charge in [-0.2, -0.15) is 4.98 Å². The molecular weight excluding hydrogens is 378 g/mol. The largest absolute Gasteiger partial charge is 0.483 e.